The van der Waals surface area contributed by atoms with Gasteiger partial charge in [0.15, 0.2) is 0 Å². The molecule has 0 bridgehead atoms. The summed E-state index contributed by atoms with van der Waals surface area (Å²) in [4.78, 5) is 0. The van der Waals surface area contributed by atoms with Gasteiger partial charge in [-0.2, -0.15) is 0 Å². The molecule has 2 aliphatic rings. The van der Waals surface area contributed by atoms with Gasteiger partial charge in [0.2, 0.25) is 0 Å². The molecule has 3 rings (SSSR count). The quantitative estimate of drug-likeness (QED) is 0.864. The Bertz CT molecular complexity index is 418. The highest BCUT2D eigenvalue weighted by atomic mass is 16.3. The molecule has 1 fully saturated rings. The average Bonchev–Trinajstić information content (AvgIpc) is 2.87. The third-order valence-corrected chi connectivity index (χ3v) is 4.96. The molecule has 0 heterocycles. The fourth-order valence-corrected chi connectivity index (χ4v) is 3.92. The maximum absolute atomic E-state index is 10.3. The van der Waals surface area contributed by atoms with E-state index < -0.39 is 0 Å². The summed E-state index contributed by atoms with van der Waals surface area (Å²) in [5, 5.41) is 10.3. The van der Waals surface area contributed by atoms with E-state index >= 15 is 0 Å². The second kappa shape index (κ2) is 6.09. The Hall–Kier alpha value is -0.820. The lowest BCUT2D eigenvalue weighted by atomic mass is 9.84. The van der Waals surface area contributed by atoms with Crippen LogP contribution in [0.1, 0.15) is 61.6 Å². The van der Waals surface area contributed by atoms with Crippen molar-refractivity contribution in [1.82, 2.24) is 0 Å². The first-order valence-corrected chi connectivity index (χ1v) is 8.10. The van der Waals surface area contributed by atoms with Crippen LogP contribution in [0.3, 0.4) is 0 Å². The van der Waals surface area contributed by atoms with Crippen LogP contribution in [-0.2, 0) is 19.3 Å². The molecule has 1 nitrogen and oxygen atoms in total. The predicted octanol–water partition coefficient (Wildman–Crippen LogP) is 4.05. The van der Waals surface area contributed by atoms with E-state index in [9.17, 15) is 5.11 Å². The molecular weight excluding hydrogens is 232 g/mol. The molecule has 2 aliphatic carbocycles. The van der Waals surface area contributed by atoms with Gasteiger partial charge in [0.25, 0.3) is 0 Å². The highest BCUT2D eigenvalue weighted by Crippen LogP contribution is 2.29. The Labute approximate surface area is 117 Å². The van der Waals surface area contributed by atoms with Crippen LogP contribution in [0.5, 0.6) is 0 Å². The van der Waals surface area contributed by atoms with Crippen molar-refractivity contribution in [3.63, 3.8) is 0 Å². The fourth-order valence-electron chi connectivity index (χ4n) is 3.92. The molecule has 1 saturated carbocycles. The number of aliphatic hydroxyl groups excluding tert-OH is 1. The molecule has 0 saturated heterocycles. The van der Waals surface area contributed by atoms with Gasteiger partial charge in [-0.25, -0.2) is 0 Å². The van der Waals surface area contributed by atoms with Crippen molar-refractivity contribution in [2.24, 2.45) is 5.92 Å². The summed E-state index contributed by atoms with van der Waals surface area (Å²) in [6, 6.07) is 6.85. The van der Waals surface area contributed by atoms with E-state index in [0.717, 1.165) is 18.8 Å². The van der Waals surface area contributed by atoms with E-state index in [1.54, 1.807) is 0 Å². The van der Waals surface area contributed by atoms with Gasteiger partial charge in [-0.15, -0.1) is 0 Å². The lowest BCUT2D eigenvalue weighted by Gasteiger charge is -2.24. The maximum Gasteiger partial charge on any atom is 0.0583 e. The summed E-state index contributed by atoms with van der Waals surface area (Å²) in [6.07, 6.45) is 12.3. The minimum Gasteiger partial charge on any atom is -0.393 e. The fraction of sp³-hybridized carbons (Fsp3) is 0.667. The SMILES string of the molecule is OC(Cc1ccc2c(c1)CCC2)CC1CCCCC1. The topological polar surface area (TPSA) is 20.2 Å². The standard InChI is InChI=1S/C18H26O/c19-18(12-14-5-2-1-3-6-14)13-15-9-10-16-7-4-8-17(16)11-15/h9-11,14,18-19H,1-8,12-13H2. The van der Waals surface area contributed by atoms with Crippen molar-refractivity contribution in [2.75, 3.05) is 0 Å². The van der Waals surface area contributed by atoms with E-state index in [4.69, 9.17) is 0 Å². The Morgan fingerprint density at radius 1 is 1.00 bits per heavy atom. The summed E-state index contributed by atoms with van der Waals surface area (Å²) >= 11 is 0. The predicted molar refractivity (Wildman–Crippen MR) is 79.4 cm³/mol. The summed E-state index contributed by atoms with van der Waals surface area (Å²) in [6.45, 7) is 0. The molecule has 1 aromatic carbocycles. The van der Waals surface area contributed by atoms with Gasteiger partial charge in [-0.3, -0.25) is 0 Å². The second-order valence-electron chi connectivity index (χ2n) is 6.55. The minimum absolute atomic E-state index is 0.137. The van der Waals surface area contributed by atoms with Crippen LogP contribution in [-0.4, -0.2) is 11.2 Å². The van der Waals surface area contributed by atoms with Crippen LogP contribution < -0.4 is 0 Å². The van der Waals surface area contributed by atoms with Crippen LogP contribution in [0.15, 0.2) is 18.2 Å². The maximum atomic E-state index is 10.3. The Kier molecular flexibility index (Phi) is 4.22. The third-order valence-electron chi connectivity index (χ3n) is 4.96. The molecule has 1 heteroatoms. The van der Waals surface area contributed by atoms with Crippen molar-refractivity contribution in [1.29, 1.82) is 0 Å². The Balaban J connectivity index is 1.55. The third kappa shape index (κ3) is 3.39. The highest BCUT2D eigenvalue weighted by Gasteiger charge is 2.18. The summed E-state index contributed by atoms with van der Waals surface area (Å²) < 4.78 is 0. The van der Waals surface area contributed by atoms with Gasteiger partial charge >= 0.3 is 0 Å². The summed E-state index contributed by atoms with van der Waals surface area (Å²) in [7, 11) is 0. The van der Waals surface area contributed by atoms with E-state index in [1.165, 1.54) is 68.1 Å². The van der Waals surface area contributed by atoms with Gasteiger partial charge in [0.1, 0.15) is 0 Å². The number of rotatable bonds is 4. The van der Waals surface area contributed by atoms with Crippen molar-refractivity contribution < 1.29 is 5.11 Å². The van der Waals surface area contributed by atoms with Crippen molar-refractivity contribution >= 4 is 0 Å². The number of hydrogen-bond acceptors (Lipinski definition) is 1. The second-order valence-corrected chi connectivity index (χ2v) is 6.55. The van der Waals surface area contributed by atoms with E-state index in [2.05, 4.69) is 18.2 Å². The van der Waals surface area contributed by atoms with Gasteiger partial charge < -0.3 is 5.11 Å². The molecule has 0 spiro atoms. The first kappa shape index (κ1) is 13.2. The van der Waals surface area contributed by atoms with E-state index in [1.807, 2.05) is 0 Å². The largest absolute Gasteiger partial charge is 0.393 e. The number of aliphatic hydroxyl groups is 1. The van der Waals surface area contributed by atoms with Crippen molar-refractivity contribution in [3.8, 4) is 0 Å². The molecule has 19 heavy (non-hydrogen) atoms. The van der Waals surface area contributed by atoms with Gasteiger partial charge in [-0.05, 0) is 54.7 Å². The van der Waals surface area contributed by atoms with Gasteiger partial charge in [-0.1, -0.05) is 50.3 Å². The number of aryl methyl sites for hydroxylation is 2. The molecule has 1 unspecified atom stereocenters. The molecule has 1 atom stereocenters. The molecule has 1 aromatic rings. The van der Waals surface area contributed by atoms with Crippen LogP contribution in [0.4, 0.5) is 0 Å². The average molecular weight is 258 g/mol. The van der Waals surface area contributed by atoms with Gasteiger partial charge in [0, 0.05) is 0 Å². The molecule has 0 amide bonds. The van der Waals surface area contributed by atoms with E-state index in [0.29, 0.717) is 0 Å². The molecular formula is C18H26O. The number of hydrogen-bond donors (Lipinski definition) is 1. The molecule has 0 aliphatic heterocycles. The summed E-state index contributed by atoms with van der Waals surface area (Å²) in [5.74, 6) is 0.776. The van der Waals surface area contributed by atoms with Crippen molar-refractivity contribution in [3.05, 3.63) is 34.9 Å². The van der Waals surface area contributed by atoms with Crippen LogP contribution in [0, 0.1) is 5.92 Å². The van der Waals surface area contributed by atoms with Crippen LogP contribution in [0.2, 0.25) is 0 Å². The minimum atomic E-state index is -0.137. The Morgan fingerprint density at radius 3 is 2.63 bits per heavy atom. The molecule has 1 N–H and O–H groups in total. The van der Waals surface area contributed by atoms with Gasteiger partial charge in [0.05, 0.1) is 6.10 Å². The molecule has 104 valence electrons. The zero-order valence-electron chi connectivity index (χ0n) is 11.9. The summed E-state index contributed by atoms with van der Waals surface area (Å²) in [5.41, 5.74) is 4.40. The zero-order chi connectivity index (χ0) is 13.1. The smallest absolute Gasteiger partial charge is 0.0583 e. The zero-order valence-corrected chi connectivity index (χ0v) is 11.9. The first-order valence-electron chi connectivity index (χ1n) is 8.10. The number of fused-ring (bicyclic) bond motifs is 1. The number of benzene rings is 1. The molecule has 0 radical (unpaired) electrons. The highest BCUT2D eigenvalue weighted by molar-refractivity contribution is 5.35. The normalized spacial score (nSPS) is 21.3. The monoisotopic (exact) mass is 258 g/mol. The van der Waals surface area contributed by atoms with Crippen molar-refractivity contribution in [2.45, 2.75) is 70.3 Å². The van der Waals surface area contributed by atoms with Crippen LogP contribution >= 0.6 is 0 Å². The lowest BCUT2D eigenvalue weighted by molar-refractivity contribution is 0.130. The molecule has 0 aromatic heterocycles. The lowest BCUT2D eigenvalue weighted by Crippen LogP contribution is -2.18. The first-order chi connectivity index (χ1) is 9.31. The Morgan fingerprint density at radius 2 is 1.79 bits per heavy atom. The van der Waals surface area contributed by atoms with E-state index in [-0.39, 0.29) is 6.10 Å². The van der Waals surface area contributed by atoms with Crippen LogP contribution in [0.25, 0.3) is 0 Å².